The van der Waals surface area contributed by atoms with E-state index in [0.717, 1.165) is 40.4 Å². The second-order valence-corrected chi connectivity index (χ2v) is 6.85. The van der Waals surface area contributed by atoms with Crippen molar-refractivity contribution in [3.8, 4) is 17.2 Å². The van der Waals surface area contributed by atoms with E-state index in [1.54, 1.807) is 14.2 Å². The molecule has 0 bridgehead atoms. The lowest BCUT2D eigenvalue weighted by molar-refractivity contribution is 0.240. The fourth-order valence-electron chi connectivity index (χ4n) is 2.75. The van der Waals surface area contributed by atoms with Gasteiger partial charge in [-0.2, -0.15) is 0 Å². The summed E-state index contributed by atoms with van der Waals surface area (Å²) in [4.78, 5) is 4.44. The van der Waals surface area contributed by atoms with Crippen molar-refractivity contribution in [2.75, 3.05) is 20.8 Å². The molecule has 7 heteroatoms. The van der Waals surface area contributed by atoms with E-state index in [1.165, 1.54) is 0 Å². The van der Waals surface area contributed by atoms with Crippen molar-refractivity contribution in [1.29, 1.82) is 0 Å². The molecule has 6 nitrogen and oxygen atoms in total. The molecule has 0 saturated heterocycles. The summed E-state index contributed by atoms with van der Waals surface area (Å²) in [5, 5.41) is 3.15. The van der Waals surface area contributed by atoms with Gasteiger partial charge in [-0.05, 0) is 56.5 Å². The Morgan fingerprint density at radius 3 is 2.41 bits per heavy atom. The molecule has 0 radical (unpaired) electrons. The molecule has 0 spiro atoms. The number of halogens is 1. The van der Waals surface area contributed by atoms with Gasteiger partial charge in [0.25, 0.3) is 0 Å². The van der Waals surface area contributed by atoms with Crippen molar-refractivity contribution in [2.45, 2.75) is 39.8 Å². The van der Waals surface area contributed by atoms with Gasteiger partial charge < -0.3 is 25.3 Å². The summed E-state index contributed by atoms with van der Waals surface area (Å²) in [6, 6.07) is 12.0. The van der Waals surface area contributed by atoms with E-state index in [1.807, 2.05) is 51.1 Å². The highest BCUT2D eigenvalue weighted by atomic mass is 127. The van der Waals surface area contributed by atoms with Crippen molar-refractivity contribution in [3.63, 3.8) is 0 Å². The lowest BCUT2D eigenvalue weighted by atomic mass is 10.1. The van der Waals surface area contributed by atoms with Crippen LogP contribution in [-0.4, -0.2) is 32.8 Å². The smallest absolute Gasteiger partial charge is 0.188 e. The van der Waals surface area contributed by atoms with Gasteiger partial charge in [0.1, 0.15) is 5.75 Å². The number of rotatable bonds is 9. The normalized spacial score (nSPS) is 11.0. The maximum absolute atomic E-state index is 6.02. The van der Waals surface area contributed by atoms with E-state index in [-0.39, 0.29) is 30.1 Å². The molecule has 0 aliphatic carbocycles. The minimum absolute atomic E-state index is 0. The predicted molar refractivity (Wildman–Crippen MR) is 129 cm³/mol. The van der Waals surface area contributed by atoms with Crippen LogP contribution in [0.1, 0.15) is 30.5 Å². The Hall–Kier alpha value is -2.16. The predicted octanol–water partition coefficient (Wildman–Crippen LogP) is 4.06. The summed E-state index contributed by atoms with van der Waals surface area (Å²) >= 11 is 0. The van der Waals surface area contributed by atoms with Crippen LogP contribution in [0.3, 0.4) is 0 Å². The van der Waals surface area contributed by atoms with E-state index < -0.39 is 0 Å². The number of ether oxygens (including phenoxy) is 3. The summed E-state index contributed by atoms with van der Waals surface area (Å²) in [5.74, 6) is 2.71. The summed E-state index contributed by atoms with van der Waals surface area (Å²) < 4.78 is 16.5. The topological polar surface area (TPSA) is 78.1 Å². The Bertz CT molecular complexity index is 810. The molecule has 160 valence electrons. The molecule has 2 aromatic carbocycles. The van der Waals surface area contributed by atoms with Crippen LogP contribution in [0.15, 0.2) is 41.4 Å². The van der Waals surface area contributed by atoms with E-state index >= 15 is 0 Å². The number of benzene rings is 2. The number of aliphatic imine (C=N–C) groups is 1. The lowest BCUT2D eigenvalue weighted by Gasteiger charge is -2.14. The van der Waals surface area contributed by atoms with Crippen LogP contribution in [0.2, 0.25) is 0 Å². The summed E-state index contributed by atoms with van der Waals surface area (Å²) in [6.07, 6.45) is 0.907. The number of nitrogens with one attached hydrogen (secondary N) is 1. The van der Waals surface area contributed by atoms with E-state index in [4.69, 9.17) is 19.9 Å². The molecule has 2 rings (SSSR count). The zero-order valence-electron chi connectivity index (χ0n) is 17.8. The molecule has 0 unspecified atom stereocenters. The van der Waals surface area contributed by atoms with E-state index in [2.05, 4.69) is 16.4 Å². The highest BCUT2D eigenvalue weighted by Crippen LogP contribution is 2.27. The van der Waals surface area contributed by atoms with Crippen LogP contribution in [0.25, 0.3) is 0 Å². The minimum atomic E-state index is 0. The van der Waals surface area contributed by atoms with Gasteiger partial charge >= 0.3 is 0 Å². The fraction of sp³-hybridized carbons (Fsp3) is 0.409. The van der Waals surface area contributed by atoms with Crippen LogP contribution < -0.4 is 25.3 Å². The standard InChI is InChI=1S/C22H31N3O3.HI/c1-15(2)28-20-12-16(3)6-8-18(20)14-25-22(23)24-11-10-17-7-9-19(26-4)21(13-17)27-5;/h6-9,12-13,15H,10-11,14H2,1-5H3,(H3,23,24,25);1H. The first-order chi connectivity index (χ1) is 13.4. The van der Waals surface area contributed by atoms with Gasteiger partial charge in [-0.15, -0.1) is 24.0 Å². The SMILES string of the molecule is COc1ccc(CCNC(N)=NCc2ccc(C)cc2OC(C)C)cc1OC.I. The molecular weight excluding hydrogens is 481 g/mol. The quantitative estimate of drug-likeness (QED) is 0.301. The third-order valence-electron chi connectivity index (χ3n) is 4.17. The van der Waals surface area contributed by atoms with Gasteiger partial charge in [0.05, 0.1) is 26.9 Å². The van der Waals surface area contributed by atoms with Crippen LogP contribution in [0.5, 0.6) is 17.2 Å². The molecule has 2 aromatic rings. The molecular formula is C22H32IN3O3. The van der Waals surface area contributed by atoms with E-state index in [0.29, 0.717) is 19.0 Å². The summed E-state index contributed by atoms with van der Waals surface area (Å²) in [5.41, 5.74) is 9.33. The Balaban J connectivity index is 0.00000420. The maximum atomic E-state index is 6.02. The fourth-order valence-corrected chi connectivity index (χ4v) is 2.75. The molecule has 0 heterocycles. The van der Waals surface area contributed by atoms with Crippen molar-refractivity contribution >= 4 is 29.9 Å². The third kappa shape index (κ3) is 8.00. The number of nitrogens with zero attached hydrogens (tertiary/aromatic N) is 1. The second-order valence-electron chi connectivity index (χ2n) is 6.85. The van der Waals surface area contributed by atoms with Gasteiger partial charge in [0.2, 0.25) is 0 Å². The van der Waals surface area contributed by atoms with Gasteiger partial charge in [-0.1, -0.05) is 18.2 Å². The first kappa shape index (κ1) is 24.9. The Labute approximate surface area is 190 Å². The van der Waals surface area contributed by atoms with Crippen LogP contribution in [-0.2, 0) is 13.0 Å². The molecule has 0 aliphatic rings. The summed E-state index contributed by atoms with van der Waals surface area (Å²) in [6.45, 7) is 7.22. The van der Waals surface area contributed by atoms with Crippen molar-refractivity contribution in [2.24, 2.45) is 10.7 Å². The number of guanidine groups is 1. The molecule has 0 aromatic heterocycles. The van der Waals surface area contributed by atoms with Crippen molar-refractivity contribution < 1.29 is 14.2 Å². The third-order valence-corrected chi connectivity index (χ3v) is 4.17. The van der Waals surface area contributed by atoms with Gasteiger partial charge in [-0.3, -0.25) is 0 Å². The van der Waals surface area contributed by atoms with Crippen molar-refractivity contribution in [1.82, 2.24) is 5.32 Å². The number of nitrogens with two attached hydrogens (primary N) is 1. The Morgan fingerprint density at radius 1 is 1.03 bits per heavy atom. The van der Waals surface area contributed by atoms with Crippen molar-refractivity contribution in [3.05, 3.63) is 53.1 Å². The second kappa shape index (κ2) is 12.4. The Morgan fingerprint density at radius 2 is 1.76 bits per heavy atom. The van der Waals surface area contributed by atoms with E-state index in [9.17, 15) is 0 Å². The molecule has 0 aliphatic heterocycles. The average molecular weight is 513 g/mol. The molecule has 0 amide bonds. The first-order valence-electron chi connectivity index (χ1n) is 9.43. The zero-order valence-corrected chi connectivity index (χ0v) is 20.2. The van der Waals surface area contributed by atoms with Gasteiger partial charge in [0, 0.05) is 12.1 Å². The van der Waals surface area contributed by atoms with Crippen LogP contribution in [0, 0.1) is 6.92 Å². The Kier molecular flexibility index (Phi) is 10.6. The first-order valence-corrected chi connectivity index (χ1v) is 9.43. The number of hydrogen-bond donors (Lipinski definition) is 2. The van der Waals surface area contributed by atoms with Crippen LogP contribution >= 0.6 is 24.0 Å². The lowest BCUT2D eigenvalue weighted by Crippen LogP contribution is -2.33. The maximum Gasteiger partial charge on any atom is 0.188 e. The number of aryl methyl sites for hydroxylation is 1. The highest BCUT2D eigenvalue weighted by Gasteiger charge is 2.07. The summed E-state index contributed by atoms with van der Waals surface area (Å²) in [7, 11) is 3.26. The molecule has 0 saturated carbocycles. The molecule has 0 atom stereocenters. The number of methoxy groups -OCH3 is 2. The monoisotopic (exact) mass is 513 g/mol. The van der Waals surface area contributed by atoms with Gasteiger partial charge in [0.15, 0.2) is 17.5 Å². The van der Waals surface area contributed by atoms with Gasteiger partial charge in [-0.25, -0.2) is 4.99 Å². The number of hydrogen-bond acceptors (Lipinski definition) is 4. The zero-order chi connectivity index (χ0) is 20.5. The molecule has 3 N–H and O–H groups in total. The average Bonchev–Trinajstić information content (AvgIpc) is 2.66. The highest BCUT2D eigenvalue weighted by molar-refractivity contribution is 14.0. The molecule has 0 fully saturated rings. The van der Waals surface area contributed by atoms with Crippen LogP contribution in [0.4, 0.5) is 0 Å². The largest absolute Gasteiger partial charge is 0.493 e. The minimum Gasteiger partial charge on any atom is -0.493 e. The molecule has 29 heavy (non-hydrogen) atoms.